The number of hydrogen-bond acceptors (Lipinski definition) is 5. The van der Waals surface area contributed by atoms with Crippen LogP contribution in [0.5, 0.6) is 17.2 Å². The number of amides is 1. The Morgan fingerprint density at radius 1 is 1.03 bits per heavy atom. The summed E-state index contributed by atoms with van der Waals surface area (Å²) in [6.07, 6.45) is 6.30. The summed E-state index contributed by atoms with van der Waals surface area (Å²) in [6.45, 7) is 4.36. The van der Waals surface area contributed by atoms with Gasteiger partial charge in [0, 0.05) is 23.6 Å². The predicted molar refractivity (Wildman–Crippen MR) is 134 cm³/mol. The summed E-state index contributed by atoms with van der Waals surface area (Å²) in [5.74, 6) is 3.22. The first-order valence-corrected chi connectivity index (χ1v) is 12.8. The molecule has 4 heterocycles. The Kier molecular flexibility index (Phi) is 6.02. The first-order chi connectivity index (χ1) is 17.2. The number of benzene rings is 2. The van der Waals surface area contributed by atoms with Crippen molar-refractivity contribution in [2.24, 2.45) is 0 Å². The van der Waals surface area contributed by atoms with E-state index in [9.17, 15) is 4.79 Å². The maximum atomic E-state index is 13.4. The highest BCUT2D eigenvalue weighted by atomic mass is 16.6. The Labute approximate surface area is 205 Å². The number of carbonyl (C=O) groups is 1. The molecule has 1 unspecified atom stereocenters. The lowest BCUT2D eigenvalue weighted by Crippen LogP contribution is -2.43. The summed E-state index contributed by atoms with van der Waals surface area (Å²) in [7, 11) is 1.71. The smallest absolute Gasteiger partial charge is 0.237 e. The maximum absolute atomic E-state index is 13.4. The largest absolute Gasteiger partial charge is 0.497 e. The molecule has 0 aliphatic carbocycles. The zero-order valence-electron chi connectivity index (χ0n) is 20.3. The molecule has 3 aromatic rings. The van der Waals surface area contributed by atoms with Gasteiger partial charge in [-0.1, -0.05) is 6.07 Å². The van der Waals surface area contributed by atoms with E-state index >= 15 is 0 Å². The number of nitrogens with one attached hydrogen (secondary N) is 1. The molecule has 2 fully saturated rings. The molecule has 1 atom stereocenters. The van der Waals surface area contributed by atoms with Gasteiger partial charge in [-0.3, -0.25) is 9.69 Å². The number of fused-ring (bicyclic) bond motifs is 2. The highest BCUT2D eigenvalue weighted by Crippen LogP contribution is 2.39. The van der Waals surface area contributed by atoms with Crippen molar-refractivity contribution < 1.29 is 19.0 Å². The Bertz CT molecular complexity index is 1210. The standard InChI is InChI=1S/C28H33N3O4/c1-33-21-5-6-24-22(16-21)23(17-29-24)19-8-11-30(12-9-19)18-28(32)31-10-2-3-25(31)20-4-7-26-27(15-20)35-14-13-34-26/h4-7,15-17,19,25,29H,2-3,8-14,18H2,1H3. The minimum atomic E-state index is 0.122. The van der Waals surface area contributed by atoms with Crippen molar-refractivity contribution in [1.82, 2.24) is 14.8 Å². The van der Waals surface area contributed by atoms with Crippen LogP contribution >= 0.6 is 0 Å². The van der Waals surface area contributed by atoms with Crippen LogP contribution in [0.2, 0.25) is 0 Å². The molecule has 1 aromatic heterocycles. The summed E-state index contributed by atoms with van der Waals surface area (Å²) in [6, 6.07) is 12.5. The van der Waals surface area contributed by atoms with Crippen LogP contribution in [0.1, 0.15) is 48.8 Å². The summed E-state index contributed by atoms with van der Waals surface area (Å²) >= 11 is 0. The minimum absolute atomic E-state index is 0.122. The minimum Gasteiger partial charge on any atom is -0.497 e. The van der Waals surface area contributed by atoms with Crippen LogP contribution in [0.3, 0.4) is 0 Å². The molecule has 1 amide bonds. The second-order valence-electron chi connectivity index (χ2n) is 9.85. The van der Waals surface area contributed by atoms with Gasteiger partial charge < -0.3 is 24.1 Å². The van der Waals surface area contributed by atoms with Crippen molar-refractivity contribution in [1.29, 1.82) is 0 Å². The van der Waals surface area contributed by atoms with Gasteiger partial charge in [-0.15, -0.1) is 0 Å². The van der Waals surface area contributed by atoms with Gasteiger partial charge in [-0.2, -0.15) is 0 Å². The van der Waals surface area contributed by atoms with Crippen LogP contribution in [0, 0.1) is 0 Å². The molecular formula is C28H33N3O4. The van der Waals surface area contributed by atoms with Crippen LogP contribution in [-0.2, 0) is 4.79 Å². The first kappa shape index (κ1) is 22.3. The molecule has 7 heteroatoms. The average Bonchev–Trinajstić information content (AvgIpc) is 3.56. The zero-order valence-corrected chi connectivity index (χ0v) is 20.3. The number of hydrogen-bond donors (Lipinski definition) is 1. The second kappa shape index (κ2) is 9.46. The van der Waals surface area contributed by atoms with E-state index in [2.05, 4.69) is 45.2 Å². The molecular weight excluding hydrogens is 442 g/mol. The van der Waals surface area contributed by atoms with Crippen LogP contribution in [-0.4, -0.2) is 67.2 Å². The van der Waals surface area contributed by atoms with Crippen molar-refractivity contribution >= 4 is 16.8 Å². The Balaban J connectivity index is 1.09. The molecule has 6 rings (SSSR count). The van der Waals surface area contributed by atoms with Gasteiger partial charge in [0.15, 0.2) is 11.5 Å². The number of aromatic nitrogens is 1. The lowest BCUT2D eigenvalue weighted by Gasteiger charge is -2.34. The topological polar surface area (TPSA) is 67.0 Å². The molecule has 0 bridgehead atoms. The molecule has 35 heavy (non-hydrogen) atoms. The monoisotopic (exact) mass is 475 g/mol. The van der Waals surface area contributed by atoms with E-state index in [4.69, 9.17) is 14.2 Å². The van der Waals surface area contributed by atoms with Gasteiger partial charge in [-0.05, 0) is 86.1 Å². The Morgan fingerprint density at radius 3 is 2.69 bits per heavy atom. The van der Waals surface area contributed by atoms with Crippen LogP contribution < -0.4 is 14.2 Å². The van der Waals surface area contributed by atoms with Gasteiger partial charge in [0.1, 0.15) is 19.0 Å². The van der Waals surface area contributed by atoms with Gasteiger partial charge in [-0.25, -0.2) is 0 Å². The van der Waals surface area contributed by atoms with E-state index in [1.165, 1.54) is 10.9 Å². The van der Waals surface area contributed by atoms with Gasteiger partial charge in [0.25, 0.3) is 0 Å². The number of nitrogens with zero attached hydrogens (tertiary/aromatic N) is 2. The van der Waals surface area contributed by atoms with Gasteiger partial charge in [0.05, 0.1) is 19.7 Å². The Morgan fingerprint density at radius 2 is 1.86 bits per heavy atom. The fourth-order valence-corrected chi connectivity index (χ4v) is 5.95. The predicted octanol–water partition coefficient (Wildman–Crippen LogP) is 4.49. The number of rotatable bonds is 5. The van der Waals surface area contributed by atoms with E-state index in [1.807, 2.05) is 12.1 Å². The Hall–Kier alpha value is -3.19. The van der Waals surface area contributed by atoms with E-state index in [-0.39, 0.29) is 11.9 Å². The van der Waals surface area contributed by atoms with E-state index < -0.39 is 0 Å². The number of likely N-dealkylation sites (tertiary alicyclic amines) is 2. The third-order valence-electron chi connectivity index (χ3n) is 7.83. The molecule has 0 radical (unpaired) electrons. The van der Waals surface area contributed by atoms with Crippen molar-refractivity contribution in [3.63, 3.8) is 0 Å². The number of H-pyrrole nitrogens is 1. The second-order valence-corrected chi connectivity index (χ2v) is 9.85. The van der Waals surface area contributed by atoms with E-state index in [0.717, 1.165) is 73.6 Å². The summed E-state index contributed by atoms with van der Waals surface area (Å²) in [4.78, 5) is 21.2. The fourth-order valence-electron chi connectivity index (χ4n) is 5.95. The van der Waals surface area contributed by atoms with Crippen LogP contribution in [0.15, 0.2) is 42.6 Å². The first-order valence-electron chi connectivity index (χ1n) is 12.8. The number of ether oxygens (including phenoxy) is 3. The summed E-state index contributed by atoms with van der Waals surface area (Å²) in [5, 5.41) is 1.25. The van der Waals surface area contributed by atoms with Crippen molar-refractivity contribution in [2.45, 2.75) is 37.6 Å². The molecule has 2 saturated heterocycles. The molecule has 3 aliphatic heterocycles. The van der Waals surface area contributed by atoms with Crippen molar-refractivity contribution in [3.05, 3.63) is 53.7 Å². The number of aromatic amines is 1. The summed E-state index contributed by atoms with van der Waals surface area (Å²) in [5.41, 5.74) is 3.66. The fraction of sp³-hybridized carbons (Fsp3) is 0.464. The molecule has 184 valence electrons. The molecule has 0 saturated carbocycles. The maximum Gasteiger partial charge on any atom is 0.237 e. The van der Waals surface area contributed by atoms with Crippen LogP contribution in [0.25, 0.3) is 10.9 Å². The number of methoxy groups -OCH3 is 1. The molecule has 3 aliphatic rings. The highest BCUT2D eigenvalue weighted by molar-refractivity contribution is 5.85. The number of carbonyl (C=O) groups excluding carboxylic acids is 1. The highest BCUT2D eigenvalue weighted by Gasteiger charge is 2.32. The lowest BCUT2D eigenvalue weighted by atomic mass is 9.89. The molecule has 0 spiro atoms. The normalized spacial score (nSPS) is 20.9. The van der Waals surface area contributed by atoms with Crippen molar-refractivity contribution in [2.75, 3.05) is 46.5 Å². The quantitative estimate of drug-likeness (QED) is 0.589. The van der Waals surface area contributed by atoms with Crippen LogP contribution in [0.4, 0.5) is 0 Å². The lowest BCUT2D eigenvalue weighted by molar-refractivity contribution is -0.133. The van der Waals surface area contributed by atoms with E-state index in [1.54, 1.807) is 7.11 Å². The van der Waals surface area contributed by atoms with Gasteiger partial charge >= 0.3 is 0 Å². The third-order valence-corrected chi connectivity index (χ3v) is 7.83. The zero-order chi connectivity index (χ0) is 23.8. The SMILES string of the molecule is COc1ccc2[nH]cc(C3CCN(CC(=O)N4CCCC4c4ccc5c(c4)OCCO5)CC3)c2c1. The van der Waals surface area contributed by atoms with E-state index in [0.29, 0.717) is 25.7 Å². The van der Waals surface area contributed by atoms with Gasteiger partial charge in [0.2, 0.25) is 5.91 Å². The molecule has 2 aromatic carbocycles. The van der Waals surface area contributed by atoms with Crippen molar-refractivity contribution in [3.8, 4) is 17.2 Å². The summed E-state index contributed by atoms with van der Waals surface area (Å²) < 4.78 is 16.9. The average molecular weight is 476 g/mol. The third kappa shape index (κ3) is 4.33. The molecule has 7 nitrogen and oxygen atoms in total. The number of piperidine rings is 1. The molecule has 1 N–H and O–H groups in total.